The maximum atomic E-state index is 11.5. The Balaban J connectivity index is 2.38. The Bertz CT molecular complexity index is 612. The van der Waals surface area contributed by atoms with Gasteiger partial charge >= 0.3 is 5.97 Å². The molecule has 21 heavy (non-hydrogen) atoms. The molecule has 0 saturated carbocycles. The lowest BCUT2D eigenvalue weighted by Crippen LogP contribution is -2.21. The van der Waals surface area contributed by atoms with Crippen LogP contribution >= 0.6 is 0 Å². The molecular weight excluding hydrogens is 272 g/mol. The van der Waals surface area contributed by atoms with Gasteiger partial charge in [-0.25, -0.2) is 9.48 Å². The molecule has 7 heteroatoms. The zero-order valence-electron chi connectivity index (χ0n) is 12.1. The smallest absolute Gasteiger partial charge is 0.328 e. The Morgan fingerprint density at radius 3 is 2.95 bits per heavy atom. The predicted molar refractivity (Wildman–Crippen MR) is 76.0 cm³/mol. The quantitative estimate of drug-likeness (QED) is 0.840. The van der Waals surface area contributed by atoms with Crippen LogP contribution in [0, 0.1) is 0 Å². The van der Waals surface area contributed by atoms with Gasteiger partial charge in [0, 0.05) is 5.56 Å². The van der Waals surface area contributed by atoms with Crippen molar-refractivity contribution in [2.24, 2.45) is 0 Å². The number of aliphatic carboxylic acids is 1. The van der Waals surface area contributed by atoms with Crippen molar-refractivity contribution in [3.8, 4) is 17.1 Å². The van der Waals surface area contributed by atoms with Crippen LogP contribution in [0.2, 0.25) is 0 Å². The van der Waals surface area contributed by atoms with E-state index in [1.807, 2.05) is 25.1 Å². The molecule has 1 unspecified atom stereocenters. The summed E-state index contributed by atoms with van der Waals surface area (Å²) < 4.78 is 6.54. The first kappa shape index (κ1) is 15.0. The van der Waals surface area contributed by atoms with Crippen molar-refractivity contribution in [2.75, 3.05) is 7.11 Å². The summed E-state index contributed by atoms with van der Waals surface area (Å²) in [7, 11) is 1.57. The second-order valence-electron chi connectivity index (χ2n) is 4.68. The van der Waals surface area contributed by atoms with Crippen molar-refractivity contribution in [3.63, 3.8) is 0 Å². The number of ether oxygens (including phenoxy) is 1. The molecule has 112 valence electrons. The van der Waals surface area contributed by atoms with Crippen LogP contribution in [0.1, 0.15) is 32.2 Å². The van der Waals surface area contributed by atoms with E-state index >= 15 is 0 Å². The van der Waals surface area contributed by atoms with Crippen molar-refractivity contribution in [3.05, 3.63) is 24.3 Å². The van der Waals surface area contributed by atoms with Crippen molar-refractivity contribution >= 4 is 5.97 Å². The first-order valence-corrected chi connectivity index (χ1v) is 6.82. The van der Waals surface area contributed by atoms with Crippen LogP contribution in [0.3, 0.4) is 0 Å². The van der Waals surface area contributed by atoms with Gasteiger partial charge in [0.2, 0.25) is 0 Å². The molecule has 1 aromatic carbocycles. The number of aromatic nitrogens is 4. The van der Waals surface area contributed by atoms with Gasteiger partial charge in [0.1, 0.15) is 5.75 Å². The largest absolute Gasteiger partial charge is 0.497 e. The zero-order chi connectivity index (χ0) is 15.2. The second-order valence-corrected chi connectivity index (χ2v) is 4.68. The summed E-state index contributed by atoms with van der Waals surface area (Å²) in [5, 5.41) is 20.8. The number of carboxylic acid groups (broad SMARTS) is 1. The van der Waals surface area contributed by atoms with Crippen molar-refractivity contribution in [1.82, 2.24) is 20.2 Å². The van der Waals surface area contributed by atoms with Gasteiger partial charge in [0.15, 0.2) is 11.9 Å². The van der Waals surface area contributed by atoms with Gasteiger partial charge in [-0.05, 0) is 29.0 Å². The molecule has 0 amide bonds. The van der Waals surface area contributed by atoms with Gasteiger partial charge in [0.25, 0.3) is 0 Å². The van der Waals surface area contributed by atoms with Crippen LogP contribution in [0.15, 0.2) is 24.3 Å². The molecule has 1 heterocycles. The number of methoxy groups -OCH3 is 1. The Hall–Kier alpha value is -2.44. The Labute approximate surface area is 122 Å². The van der Waals surface area contributed by atoms with E-state index in [-0.39, 0.29) is 0 Å². The number of hydrogen-bond acceptors (Lipinski definition) is 5. The van der Waals surface area contributed by atoms with E-state index in [9.17, 15) is 9.90 Å². The van der Waals surface area contributed by atoms with Gasteiger partial charge in [-0.15, -0.1) is 5.10 Å². The van der Waals surface area contributed by atoms with E-state index in [1.165, 1.54) is 4.68 Å². The standard InChI is InChI=1S/C14H18N4O3/c1-3-4-8-12(14(19)20)18-13(15-16-17-18)10-6-5-7-11(9-10)21-2/h5-7,9,12H,3-4,8H2,1-2H3,(H,19,20). The van der Waals surface area contributed by atoms with Crippen LogP contribution in [0.4, 0.5) is 0 Å². The highest BCUT2D eigenvalue weighted by molar-refractivity contribution is 5.73. The fourth-order valence-corrected chi connectivity index (χ4v) is 2.10. The molecule has 2 aromatic rings. The number of hydrogen-bond donors (Lipinski definition) is 1. The second kappa shape index (κ2) is 6.83. The number of carbonyl (C=O) groups is 1. The molecule has 0 aliphatic rings. The van der Waals surface area contributed by atoms with Crippen LogP contribution in [0.25, 0.3) is 11.4 Å². The van der Waals surface area contributed by atoms with Gasteiger partial charge in [-0.3, -0.25) is 0 Å². The molecule has 0 radical (unpaired) electrons. The number of carboxylic acids is 1. The summed E-state index contributed by atoms with van der Waals surface area (Å²) in [5.41, 5.74) is 0.724. The lowest BCUT2D eigenvalue weighted by molar-refractivity contribution is -0.141. The molecule has 1 atom stereocenters. The van der Waals surface area contributed by atoms with E-state index in [4.69, 9.17) is 4.74 Å². The molecule has 0 saturated heterocycles. The summed E-state index contributed by atoms with van der Waals surface area (Å²) in [5.74, 6) is 0.166. The zero-order valence-corrected chi connectivity index (χ0v) is 12.1. The SMILES string of the molecule is CCCCC(C(=O)O)n1nnnc1-c1cccc(OC)c1. The summed E-state index contributed by atoms with van der Waals surface area (Å²) in [4.78, 5) is 11.5. The van der Waals surface area contributed by atoms with Gasteiger partial charge in [-0.1, -0.05) is 31.9 Å². The van der Waals surface area contributed by atoms with Crippen LogP contribution in [-0.4, -0.2) is 38.4 Å². The van der Waals surface area contributed by atoms with Crippen molar-refractivity contribution < 1.29 is 14.6 Å². The molecule has 0 aliphatic carbocycles. The van der Waals surface area contributed by atoms with Crippen LogP contribution in [0.5, 0.6) is 5.75 Å². The third kappa shape index (κ3) is 3.36. The third-order valence-corrected chi connectivity index (χ3v) is 3.23. The van der Waals surface area contributed by atoms with Crippen LogP contribution in [-0.2, 0) is 4.79 Å². The Morgan fingerprint density at radius 2 is 2.29 bits per heavy atom. The summed E-state index contributed by atoms with van der Waals surface area (Å²) in [6, 6.07) is 6.46. The topological polar surface area (TPSA) is 90.1 Å². The molecule has 0 fully saturated rings. The molecule has 1 aromatic heterocycles. The highest BCUT2D eigenvalue weighted by Gasteiger charge is 2.24. The molecule has 1 N–H and O–H groups in total. The monoisotopic (exact) mass is 290 g/mol. The lowest BCUT2D eigenvalue weighted by atomic mass is 10.1. The first-order chi connectivity index (χ1) is 10.2. The van der Waals surface area contributed by atoms with Crippen molar-refractivity contribution in [2.45, 2.75) is 32.2 Å². The molecule has 0 spiro atoms. The van der Waals surface area contributed by atoms with E-state index in [2.05, 4.69) is 15.5 Å². The summed E-state index contributed by atoms with van der Waals surface area (Å²) in [6.45, 7) is 2.02. The highest BCUT2D eigenvalue weighted by atomic mass is 16.5. The molecule has 0 aliphatic heterocycles. The van der Waals surface area contributed by atoms with Gasteiger partial charge < -0.3 is 9.84 Å². The summed E-state index contributed by atoms with van der Waals surface area (Å²) >= 11 is 0. The van der Waals surface area contributed by atoms with Gasteiger partial charge in [0.05, 0.1) is 7.11 Å². The fraction of sp³-hybridized carbons (Fsp3) is 0.429. The minimum Gasteiger partial charge on any atom is -0.497 e. The molecule has 0 bridgehead atoms. The number of unbranched alkanes of at least 4 members (excludes halogenated alkanes) is 1. The predicted octanol–water partition coefficient (Wildman–Crippen LogP) is 2.16. The number of rotatable bonds is 7. The number of tetrazole rings is 1. The number of nitrogens with zero attached hydrogens (tertiary/aromatic N) is 4. The first-order valence-electron chi connectivity index (χ1n) is 6.82. The summed E-state index contributed by atoms with van der Waals surface area (Å²) in [6.07, 6.45) is 2.21. The number of benzene rings is 1. The van der Waals surface area contributed by atoms with E-state index in [1.54, 1.807) is 13.2 Å². The Kier molecular flexibility index (Phi) is 4.86. The maximum Gasteiger partial charge on any atom is 0.328 e. The molecule has 7 nitrogen and oxygen atoms in total. The minimum absolute atomic E-state index is 0.428. The minimum atomic E-state index is -0.931. The fourth-order valence-electron chi connectivity index (χ4n) is 2.10. The average molecular weight is 290 g/mol. The molecule has 2 rings (SSSR count). The van der Waals surface area contributed by atoms with E-state index in [0.717, 1.165) is 18.4 Å². The molecular formula is C14H18N4O3. The Morgan fingerprint density at radius 1 is 1.48 bits per heavy atom. The maximum absolute atomic E-state index is 11.5. The van der Waals surface area contributed by atoms with Gasteiger partial charge in [-0.2, -0.15) is 0 Å². The van der Waals surface area contributed by atoms with Crippen molar-refractivity contribution in [1.29, 1.82) is 0 Å². The van der Waals surface area contributed by atoms with E-state index < -0.39 is 12.0 Å². The average Bonchev–Trinajstić information content (AvgIpc) is 2.96. The lowest BCUT2D eigenvalue weighted by Gasteiger charge is -2.13. The third-order valence-electron chi connectivity index (χ3n) is 3.23. The highest BCUT2D eigenvalue weighted by Crippen LogP contribution is 2.25. The normalized spacial score (nSPS) is 12.1. The van der Waals surface area contributed by atoms with E-state index in [0.29, 0.717) is 18.0 Å². The van der Waals surface area contributed by atoms with Crippen LogP contribution < -0.4 is 4.74 Å².